The molecule has 1 N–H and O–H groups in total. The fourth-order valence-electron chi connectivity index (χ4n) is 2.36. The summed E-state index contributed by atoms with van der Waals surface area (Å²) >= 11 is 0. The van der Waals surface area contributed by atoms with Crippen LogP contribution in [0.1, 0.15) is 54.4 Å². The van der Waals surface area contributed by atoms with Crippen molar-refractivity contribution in [3.05, 3.63) is 0 Å². The molecule has 0 bridgehead atoms. The average molecular weight is 257 g/mol. The third-order valence-electron chi connectivity index (χ3n) is 3.35. The lowest BCUT2D eigenvalue weighted by Crippen LogP contribution is -2.40. The van der Waals surface area contributed by atoms with Crippen molar-refractivity contribution in [1.82, 2.24) is 5.32 Å². The van der Waals surface area contributed by atoms with Gasteiger partial charge in [-0.25, -0.2) is 0 Å². The maximum absolute atomic E-state index is 6.10. The molecule has 0 aromatic rings. The Balaban J connectivity index is 2.30. The quantitative estimate of drug-likeness (QED) is 0.793. The molecule has 1 saturated heterocycles. The van der Waals surface area contributed by atoms with Gasteiger partial charge < -0.3 is 14.8 Å². The lowest BCUT2D eigenvalue weighted by Gasteiger charge is -2.34. The van der Waals surface area contributed by atoms with Crippen LogP contribution in [0.2, 0.25) is 0 Å². The normalized spacial score (nSPS) is 29.8. The molecular weight excluding hydrogens is 226 g/mol. The topological polar surface area (TPSA) is 30.5 Å². The summed E-state index contributed by atoms with van der Waals surface area (Å²) in [6, 6.07) is 0.535. The Morgan fingerprint density at radius 3 is 2.28 bits per heavy atom. The van der Waals surface area contributed by atoms with Crippen LogP contribution in [0.4, 0.5) is 0 Å². The van der Waals surface area contributed by atoms with Crippen LogP contribution in [0.25, 0.3) is 0 Å². The monoisotopic (exact) mass is 257 g/mol. The Hall–Kier alpha value is -0.120. The van der Waals surface area contributed by atoms with Gasteiger partial charge in [0.15, 0.2) is 0 Å². The van der Waals surface area contributed by atoms with Gasteiger partial charge in [-0.2, -0.15) is 0 Å². The van der Waals surface area contributed by atoms with E-state index < -0.39 is 0 Å². The first-order valence-corrected chi connectivity index (χ1v) is 7.29. The van der Waals surface area contributed by atoms with E-state index in [4.69, 9.17) is 9.47 Å². The molecule has 1 aliphatic rings. The number of hydrogen-bond acceptors (Lipinski definition) is 3. The summed E-state index contributed by atoms with van der Waals surface area (Å²) in [5.41, 5.74) is 0.190. The van der Waals surface area contributed by atoms with Gasteiger partial charge in [-0.1, -0.05) is 27.7 Å². The molecule has 3 nitrogen and oxygen atoms in total. The fraction of sp³-hybridized carbons (Fsp3) is 1.00. The Bertz CT molecular complexity index is 231. The van der Waals surface area contributed by atoms with Crippen LogP contribution >= 0.6 is 0 Å². The van der Waals surface area contributed by atoms with Crippen LogP contribution in [0.15, 0.2) is 0 Å². The number of nitrogens with one attached hydrogen (secondary N) is 1. The lowest BCUT2D eigenvalue weighted by molar-refractivity contribution is -0.113. The van der Waals surface area contributed by atoms with Gasteiger partial charge in [0, 0.05) is 18.0 Å². The molecule has 0 radical (unpaired) electrons. The molecule has 108 valence electrons. The standard InChI is InChI=1S/C15H31NO2/c1-11(2)16-9-15(5,6)10-17-14-7-12(3)18-13(4)8-14/h11-14,16H,7-10H2,1-6H3. The van der Waals surface area contributed by atoms with Gasteiger partial charge in [0.25, 0.3) is 0 Å². The Labute approximate surface area is 113 Å². The van der Waals surface area contributed by atoms with Gasteiger partial charge in [0.2, 0.25) is 0 Å². The molecule has 0 amide bonds. The van der Waals surface area contributed by atoms with Crippen LogP contribution in [-0.4, -0.2) is 37.5 Å². The maximum Gasteiger partial charge on any atom is 0.0624 e. The van der Waals surface area contributed by atoms with Crippen LogP contribution in [0.5, 0.6) is 0 Å². The minimum atomic E-state index is 0.190. The van der Waals surface area contributed by atoms with E-state index in [1.54, 1.807) is 0 Å². The molecule has 1 aliphatic heterocycles. The van der Waals surface area contributed by atoms with Crippen molar-refractivity contribution in [2.45, 2.75) is 78.7 Å². The highest BCUT2D eigenvalue weighted by atomic mass is 16.5. The van der Waals surface area contributed by atoms with Gasteiger partial charge in [0.05, 0.1) is 24.9 Å². The van der Waals surface area contributed by atoms with Crippen LogP contribution in [0, 0.1) is 5.41 Å². The third-order valence-corrected chi connectivity index (χ3v) is 3.35. The van der Waals surface area contributed by atoms with Gasteiger partial charge in [-0.3, -0.25) is 0 Å². The molecule has 2 unspecified atom stereocenters. The molecule has 0 saturated carbocycles. The SMILES string of the molecule is CC(C)NCC(C)(C)COC1CC(C)OC(C)C1. The van der Waals surface area contributed by atoms with E-state index in [9.17, 15) is 0 Å². The summed E-state index contributed by atoms with van der Waals surface area (Å²) in [6.45, 7) is 15.0. The summed E-state index contributed by atoms with van der Waals surface area (Å²) in [5, 5.41) is 3.49. The molecule has 1 rings (SSSR count). The second kappa shape index (κ2) is 6.88. The van der Waals surface area contributed by atoms with E-state index >= 15 is 0 Å². The van der Waals surface area contributed by atoms with Crippen molar-refractivity contribution >= 4 is 0 Å². The van der Waals surface area contributed by atoms with Crippen molar-refractivity contribution in [2.75, 3.05) is 13.2 Å². The van der Waals surface area contributed by atoms with Crippen LogP contribution in [-0.2, 0) is 9.47 Å². The van der Waals surface area contributed by atoms with Gasteiger partial charge in [0.1, 0.15) is 0 Å². The average Bonchev–Trinajstić information content (AvgIpc) is 2.23. The molecule has 18 heavy (non-hydrogen) atoms. The summed E-state index contributed by atoms with van der Waals surface area (Å²) in [5.74, 6) is 0. The first-order valence-electron chi connectivity index (χ1n) is 7.29. The van der Waals surface area contributed by atoms with Crippen molar-refractivity contribution in [3.63, 3.8) is 0 Å². The number of hydrogen-bond donors (Lipinski definition) is 1. The van der Waals surface area contributed by atoms with Crippen molar-refractivity contribution in [3.8, 4) is 0 Å². The zero-order valence-corrected chi connectivity index (χ0v) is 13.0. The fourth-order valence-corrected chi connectivity index (χ4v) is 2.36. The molecule has 0 spiro atoms. The van der Waals surface area contributed by atoms with E-state index in [0.717, 1.165) is 26.0 Å². The molecule has 0 aromatic heterocycles. The second-order valence-electron chi connectivity index (χ2n) is 6.86. The molecular formula is C15H31NO2. The maximum atomic E-state index is 6.10. The minimum Gasteiger partial charge on any atom is -0.377 e. The molecule has 0 aromatic carbocycles. The van der Waals surface area contributed by atoms with Crippen molar-refractivity contribution in [2.24, 2.45) is 5.41 Å². The summed E-state index contributed by atoms with van der Waals surface area (Å²) < 4.78 is 11.8. The smallest absolute Gasteiger partial charge is 0.0624 e. The van der Waals surface area contributed by atoms with Crippen LogP contribution in [0.3, 0.4) is 0 Å². The van der Waals surface area contributed by atoms with Crippen molar-refractivity contribution < 1.29 is 9.47 Å². The molecule has 0 aliphatic carbocycles. The van der Waals surface area contributed by atoms with E-state index in [-0.39, 0.29) is 5.41 Å². The number of ether oxygens (including phenoxy) is 2. The minimum absolute atomic E-state index is 0.190. The Morgan fingerprint density at radius 2 is 1.78 bits per heavy atom. The largest absolute Gasteiger partial charge is 0.377 e. The lowest BCUT2D eigenvalue weighted by atomic mass is 9.94. The zero-order chi connectivity index (χ0) is 13.8. The first kappa shape index (κ1) is 15.9. The van der Waals surface area contributed by atoms with Gasteiger partial charge in [-0.15, -0.1) is 0 Å². The molecule has 3 heteroatoms. The van der Waals surface area contributed by atoms with E-state index in [0.29, 0.717) is 24.4 Å². The highest BCUT2D eigenvalue weighted by molar-refractivity contribution is 4.77. The summed E-state index contributed by atoms with van der Waals surface area (Å²) in [7, 11) is 0. The van der Waals surface area contributed by atoms with Gasteiger partial charge in [-0.05, 0) is 26.7 Å². The number of rotatable bonds is 6. The first-order chi connectivity index (χ1) is 8.28. The highest BCUT2D eigenvalue weighted by Crippen LogP contribution is 2.24. The summed E-state index contributed by atoms with van der Waals surface area (Å²) in [4.78, 5) is 0. The van der Waals surface area contributed by atoms with E-state index in [2.05, 4.69) is 46.9 Å². The molecule has 1 fully saturated rings. The highest BCUT2D eigenvalue weighted by Gasteiger charge is 2.27. The Kier molecular flexibility index (Phi) is 6.09. The third kappa shape index (κ3) is 6.17. The predicted molar refractivity (Wildman–Crippen MR) is 75.9 cm³/mol. The predicted octanol–water partition coefficient (Wildman–Crippen LogP) is 2.98. The second-order valence-corrected chi connectivity index (χ2v) is 6.86. The molecule has 1 heterocycles. The Morgan fingerprint density at radius 1 is 1.22 bits per heavy atom. The summed E-state index contributed by atoms with van der Waals surface area (Å²) in [6.07, 6.45) is 3.07. The van der Waals surface area contributed by atoms with E-state index in [1.165, 1.54) is 0 Å². The van der Waals surface area contributed by atoms with E-state index in [1.807, 2.05) is 0 Å². The van der Waals surface area contributed by atoms with Gasteiger partial charge >= 0.3 is 0 Å². The zero-order valence-electron chi connectivity index (χ0n) is 13.0. The van der Waals surface area contributed by atoms with Crippen molar-refractivity contribution in [1.29, 1.82) is 0 Å². The van der Waals surface area contributed by atoms with Crippen LogP contribution < -0.4 is 5.32 Å². The molecule has 2 atom stereocenters.